The van der Waals surface area contributed by atoms with E-state index in [0.717, 1.165) is 31.8 Å². The van der Waals surface area contributed by atoms with Crippen molar-refractivity contribution >= 4 is 17.3 Å². The first-order valence-corrected chi connectivity index (χ1v) is 8.24. The summed E-state index contributed by atoms with van der Waals surface area (Å²) in [6, 6.07) is 3.62. The smallest absolute Gasteiger partial charge is 0.274 e. The van der Waals surface area contributed by atoms with Crippen molar-refractivity contribution in [3.05, 3.63) is 42.4 Å². The van der Waals surface area contributed by atoms with Gasteiger partial charge in [-0.3, -0.25) is 4.79 Å². The van der Waals surface area contributed by atoms with Crippen molar-refractivity contribution in [1.82, 2.24) is 15.3 Å². The first kappa shape index (κ1) is 17.2. The number of pyridine rings is 1. The molecule has 0 spiro atoms. The highest BCUT2D eigenvalue weighted by molar-refractivity contribution is 5.99. The molecule has 0 atom stereocenters. The van der Waals surface area contributed by atoms with E-state index in [9.17, 15) is 4.79 Å². The summed E-state index contributed by atoms with van der Waals surface area (Å²) in [4.78, 5) is 16.7. The van der Waals surface area contributed by atoms with Gasteiger partial charge in [-0.05, 0) is 31.9 Å². The zero-order valence-electron chi connectivity index (χ0n) is 14.5. The van der Waals surface area contributed by atoms with Gasteiger partial charge in [-0.25, -0.2) is 4.98 Å². The number of nitrogens with one attached hydrogen (secondary N) is 1. The van der Waals surface area contributed by atoms with E-state index in [1.54, 1.807) is 19.4 Å². The van der Waals surface area contributed by atoms with Crippen LogP contribution in [0.2, 0.25) is 0 Å². The van der Waals surface area contributed by atoms with Gasteiger partial charge in [0.25, 0.3) is 5.91 Å². The zero-order chi connectivity index (χ0) is 17.8. The fourth-order valence-corrected chi connectivity index (χ4v) is 2.93. The van der Waals surface area contributed by atoms with Gasteiger partial charge in [0.05, 0.1) is 18.4 Å². The molecule has 0 aromatic carbocycles. The van der Waals surface area contributed by atoms with Crippen LogP contribution < -0.4 is 10.1 Å². The number of hydrazone groups is 1. The predicted molar refractivity (Wildman–Crippen MR) is 94.5 cm³/mol. The Morgan fingerprint density at radius 1 is 1.48 bits per heavy atom. The molecule has 3 heterocycles. The van der Waals surface area contributed by atoms with Crippen LogP contribution in [0.4, 0.5) is 0 Å². The maximum atomic E-state index is 12.6. The van der Waals surface area contributed by atoms with E-state index in [0.29, 0.717) is 28.9 Å². The molecular weight excluding hydrogens is 320 g/mol. The molecule has 1 aromatic heterocycles. The number of amides is 1. The van der Waals surface area contributed by atoms with Gasteiger partial charge in [0.1, 0.15) is 5.82 Å². The fraction of sp³-hybridized carbons (Fsp3) is 0.389. The number of carbonyl (C=O) groups excluding carboxylic acids is 1. The molecular formula is C18H22N4O3. The second kappa shape index (κ2) is 7.48. The van der Waals surface area contributed by atoms with Crippen molar-refractivity contribution in [2.45, 2.75) is 19.8 Å². The van der Waals surface area contributed by atoms with E-state index < -0.39 is 0 Å². The average Bonchev–Trinajstić information content (AvgIpc) is 2.65. The molecule has 1 N–H and O–H groups in total. The van der Waals surface area contributed by atoms with Crippen LogP contribution in [0.25, 0.3) is 5.70 Å². The Morgan fingerprint density at radius 2 is 2.24 bits per heavy atom. The van der Waals surface area contributed by atoms with Crippen LogP contribution in [0.15, 0.2) is 41.9 Å². The molecule has 1 amide bonds. The number of hydrogen-bond acceptors (Lipinski definition) is 6. The lowest BCUT2D eigenvalue weighted by Gasteiger charge is -2.28. The van der Waals surface area contributed by atoms with E-state index in [-0.39, 0.29) is 5.91 Å². The molecule has 0 unspecified atom stereocenters. The van der Waals surface area contributed by atoms with Gasteiger partial charge in [-0.15, -0.1) is 0 Å². The predicted octanol–water partition coefficient (Wildman–Crippen LogP) is 2.14. The number of ether oxygens (including phenoxy) is 2. The molecule has 7 nitrogen and oxygen atoms in total. The molecule has 2 aliphatic rings. The minimum atomic E-state index is -0.254. The number of nitrogens with zero attached hydrogens (tertiary/aromatic N) is 3. The lowest BCUT2D eigenvalue weighted by atomic mass is 9.96. The van der Waals surface area contributed by atoms with Gasteiger partial charge in [0, 0.05) is 37.1 Å². The quantitative estimate of drug-likeness (QED) is 0.849. The summed E-state index contributed by atoms with van der Waals surface area (Å²) in [5.74, 6) is 0.922. The lowest BCUT2D eigenvalue weighted by molar-refractivity contribution is -0.124. The Kier molecular flexibility index (Phi) is 5.14. The SMILES string of the molecule is C=C1NC(c2cccnc2OC)=CC(=O)N1/N=C(\C)C1CCOCC1. The zero-order valence-corrected chi connectivity index (χ0v) is 14.5. The molecule has 0 bridgehead atoms. The molecule has 1 fully saturated rings. The van der Waals surface area contributed by atoms with Gasteiger partial charge in [0.15, 0.2) is 0 Å². The van der Waals surface area contributed by atoms with Crippen LogP contribution in [0.5, 0.6) is 5.88 Å². The highest BCUT2D eigenvalue weighted by atomic mass is 16.5. The molecule has 1 aromatic rings. The van der Waals surface area contributed by atoms with Crippen LogP contribution >= 0.6 is 0 Å². The Bertz CT molecular complexity index is 736. The van der Waals surface area contributed by atoms with Crippen molar-refractivity contribution in [3.8, 4) is 5.88 Å². The molecule has 132 valence electrons. The molecule has 25 heavy (non-hydrogen) atoms. The van der Waals surface area contributed by atoms with Crippen molar-refractivity contribution in [1.29, 1.82) is 0 Å². The summed E-state index contributed by atoms with van der Waals surface area (Å²) < 4.78 is 10.6. The van der Waals surface area contributed by atoms with Crippen LogP contribution in [0.1, 0.15) is 25.3 Å². The summed E-state index contributed by atoms with van der Waals surface area (Å²) in [7, 11) is 1.54. The van der Waals surface area contributed by atoms with Crippen LogP contribution in [-0.2, 0) is 9.53 Å². The summed E-state index contributed by atoms with van der Waals surface area (Å²) in [5.41, 5.74) is 2.20. The van der Waals surface area contributed by atoms with Crippen molar-refractivity contribution in [2.24, 2.45) is 11.0 Å². The number of hydrogen-bond donors (Lipinski definition) is 1. The lowest BCUT2D eigenvalue weighted by Crippen LogP contribution is -2.37. The van der Waals surface area contributed by atoms with Crippen molar-refractivity contribution in [2.75, 3.05) is 20.3 Å². The third-order valence-electron chi connectivity index (χ3n) is 4.34. The highest BCUT2D eigenvalue weighted by Crippen LogP contribution is 2.26. The van der Waals surface area contributed by atoms with Gasteiger partial charge in [0.2, 0.25) is 5.88 Å². The van der Waals surface area contributed by atoms with E-state index in [1.807, 2.05) is 13.0 Å². The number of rotatable bonds is 4. The second-order valence-corrected chi connectivity index (χ2v) is 5.97. The molecule has 3 rings (SSSR count). The molecule has 0 radical (unpaired) electrons. The highest BCUT2D eigenvalue weighted by Gasteiger charge is 2.26. The Morgan fingerprint density at radius 3 is 2.92 bits per heavy atom. The Hall–Kier alpha value is -2.67. The summed E-state index contributed by atoms with van der Waals surface area (Å²) >= 11 is 0. The Labute approximate surface area is 147 Å². The van der Waals surface area contributed by atoms with E-state index >= 15 is 0 Å². The summed E-state index contributed by atoms with van der Waals surface area (Å²) in [5, 5.41) is 8.90. The molecule has 1 saturated heterocycles. The van der Waals surface area contributed by atoms with E-state index in [4.69, 9.17) is 9.47 Å². The average molecular weight is 342 g/mol. The van der Waals surface area contributed by atoms with Gasteiger partial charge in [-0.1, -0.05) is 6.58 Å². The third-order valence-corrected chi connectivity index (χ3v) is 4.34. The van der Waals surface area contributed by atoms with Crippen LogP contribution in [0.3, 0.4) is 0 Å². The normalized spacial score (nSPS) is 19.5. The van der Waals surface area contributed by atoms with Crippen molar-refractivity contribution in [3.63, 3.8) is 0 Å². The van der Waals surface area contributed by atoms with Crippen LogP contribution in [-0.4, -0.2) is 41.9 Å². The third kappa shape index (κ3) is 3.71. The first-order valence-electron chi connectivity index (χ1n) is 8.24. The second-order valence-electron chi connectivity index (χ2n) is 5.97. The van der Waals surface area contributed by atoms with Crippen molar-refractivity contribution < 1.29 is 14.3 Å². The maximum Gasteiger partial charge on any atom is 0.274 e. The largest absolute Gasteiger partial charge is 0.481 e. The monoisotopic (exact) mass is 342 g/mol. The van der Waals surface area contributed by atoms with E-state index in [1.165, 1.54) is 11.1 Å². The maximum absolute atomic E-state index is 12.6. The molecule has 2 aliphatic heterocycles. The van der Waals surface area contributed by atoms with Gasteiger partial charge in [-0.2, -0.15) is 10.1 Å². The van der Waals surface area contributed by atoms with E-state index in [2.05, 4.69) is 22.0 Å². The topological polar surface area (TPSA) is 76.1 Å². The summed E-state index contributed by atoms with van der Waals surface area (Å²) in [6.07, 6.45) is 4.96. The number of carbonyl (C=O) groups is 1. The number of methoxy groups -OCH3 is 1. The minimum Gasteiger partial charge on any atom is -0.481 e. The van der Waals surface area contributed by atoms with Gasteiger partial charge >= 0.3 is 0 Å². The molecule has 7 heteroatoms. The standard InChI is InChI=1S/C18H22N4O3/c1-12(14-6-9-25-10-7-14)21-22-13(2)20-16(11-17(22)23)15-5-4-8-19-18(15)24-3/h4-5,8,11,14,20H,2,6-7,9-10H2,1,3H3/b21-12+. The molecule has 0 aliphatic carbocycles. The minimum absolute atomic E-state index is 0.254. The molecule has 0 saturated carbocycles. The fourth-order valence-electron chi connectivity index (χ4n) is 2.93. The number of aromatic nitrogens is 1. The Balaban J connectivity index is 1.82. The summed E-state index contributed by atoms with van der Waals surface area (Å²) in [6.45, 7) is 7.34. The van der Waals surface area contributed by atoms with Gasteiger partial charge < -0.3 is 14.8 Å². The first-order chi connectivity index (χ1) is 12.1. The van der Waals surface area contributed by atoms with Crippen LogP contribution in [0, 0.1) is 5.92 Å².